The van der Waals surface area contributed by atoms with Crippen molar-refractivity contribution in [3.05, 3.63) is 35.9 Å². The monoisotopic (exact) mass is 292 g/mol. The third-order valence-corrected chi connectivity index (χ3v) is 3.43. The Balaban J connectivity index is 2.65. The number of hydrogen-bond donors (Lipinski definition) is 2. The molecule has 2 atom stereocenters. The van der Waals surface area contributed by atoms with E-state index in [0.717, 1.165) is 12.0 Å². The molecule has 0 aromatic heterocycles. The van der Waals surface area contributed by atoms with E-state index in [1.807, 2.05) is 44.2 Å². The minimum absolute atomic E-state index is 0.102. The third-order valence-electron chi connectivity index (χ3n) is 3.43. The molecule has 1 aromatic rings. The summed E-state index contributed by atoms with van der Waals surface area (Å²) >= 11 is 0. The van der Waals surface area contributed by atoms with Crippen LogP contribution in [0.1, 0.15) is 38.8 Å². The SMILES string of the molecule is CCCN(CC(=O)O)C(C)C(=O)NC(C)c1ccccc1. The van der Waals surface area contributed by atoms with E-state index in [0.29, 0.717) is 6.54 Å². The number of aliphatic carboxylic acids is 1. The Labute approximate surface area is 126 Å². The van der Waals surface area contributed by atoms with Crippen molar-refractivity contribution in [2.45, 2.75) is 39.3 Å². The lowest BCUT2D eigenvalue weighted by molar-refractivity contribution is -0.139. The van der Waals surface area contributed by atoms with E-state index in [9.17, 15) is 9.59 Å². The molecule has 0 radical (unpaired) electrons. The number of rotatable bonds is 8. The summed E-state index contributed by atoms with van der Waals surface area (Å²) < 4.78 is 0. The largest absolute Gasteiger partial charge is 0.480 e. The molecule has 2 unspecified atom stereocenters. The summed E-state index contributed by atoms with van der Waals surface area (Å²) in [5.41, 5.74) is 1.03. The third kappa shape index (κ3) is 5.55. The Morgan fingerprint density at radius 2 is 1.86 bits per heavy atom. The molecule has 5 nitrogen and oxygen atoms in total. The molecule has 5 heteroatoms. The molecule has 1 amide bonds. The molecule has 0 aliphatic heterocycles. The summed E-state index contributed by atoms with van der Waals surface area (Å²) in [5.74, 6) is -1.07. The van der Waals surface area contributed by atoms with Crippen LogP contribution in [0.2, 0.25) is 0 Å². The fourth-order valence-electron chi connectivity index (χ4n) is 2.20. The van der Waals surface area contributed by atoms with Gasteiger partial charge in [0.05, 0.1) is 18.6 Å². The summed E-state index contributed by atoms with van der Waals surface area (Å²) in [4.78, 5) is 24.8. The maximum atomic E-state index is 12.3. The summed E-state index contributed by atoms with van der Waals surface area (Å²) in [7, 11) is 0. The molecule has 2 N–H and O–H groups in total. The average Bonchev–Trinajstić information content (AvgIpc) is 2.46. The molecule has 0 spiro atoms. The van der Waals surface area contributed by atoms with Gasteiger partial charge in [0.2, 0.25) is 5.91 Å². The smallest absolute Gasteiger partial charge is 0.317 e. The van der Waals surface area contributed by atoms with Gasteiger partial charge in [-0.15, -0.1) is 0 Å². The molecular weight excluding hydrogens is 268 g/mol. The fraction of sp³-hybridized carbons (Fsp3) is 0.500. The van der Waals surface area contributed by atoms with Crippen LogP contribution in [-0.2, 0) is 9.59 Å². The first-order valence-corrected chi connectivity index (χ1v) is 7.26. The Hall–Kier alpha value is -1.88. The summed E-state index contributed by atoms with van der Waals surface area (Å²) in [6.45, 7) is 6.09. The molecule has 0 heterocycles. The highest BCUT2D eigenvalue weighted by molar-refractivity contribution is 5.82. The van der Waals surface area contributed by atoms with Crippen LogP contribution in [0.25, 0.3) is 0 Å². The molecule has 0 saturated heterocycles. The fourth-order valence-corrected chi connectivity index (χ4v) is 2.20. The predicted molar refractivity (Wildman–Crippen MR) is 82.0 cm³/mol. The summed E-state index contributed by atoms with van der Waals surface area (Å²) in [6.07, 6.45) is 0.805. The van der Waals surface area contributed by atoms with E-state index in [1.165, 1.54) is 0 Å². The van der Waals surface area contributed by atoms with E-state index in [2.05, 4.69) is 5.32 Å². The molecule has 0 saturated carbocycles. The highest BCUT2D eigenvalue weighted by Crippen LogP contribution is 2.12. The van der Waals surface area contributed by atoms with Crippen LogP contribution in [0.4, 0.5) is 0 Å². The van der Waals surface area contributed by atoms with Crippen LogP contribution in [0, 0.1) is 0 Å². The number of carboxylic acids is 1. The van der Waals surface area contributed by atoms with Gasteiger partial charge in [-0.3, -0.25) is 14.5 Å². The second-order valence-corrected chi connectivity index (χ2v) is 5.18. The van der Waals surface area contributed by atoms with Crippen molar-refractivity contribution >= 4 is 11.9 Å². The average molecular weight is 292 g/mol. The van der Waals surface area contributed by atoms with Gasteiger partial charge in [-0.25, -0.2) is 0 Å². The van der Waals surface area contributed by atoms with Gasteiger partial charge in [-0.1, -0.05) is 37.3 Å². The molecule has 1 rings (SSSR count). The molecule has 21 heavy (non-hydrogen) atoms. The summed E-state index contributed by atoms with van der Waals surface area (Å²) in [6, 6.07) is 9.12. The van der Waals surface area contributed by atoms with Crippen molar-refractivity contribution in [2.24, 2.45) is 0 Å². The lowest BCUT2D eigenvalue weighted by Gasteiger charge is -2.27. The number of nitrogens with zero attached hydrogens (tertiary/aromatic N) is 1. The van der Waals surface area contributed by atoms with Crippen LogP contribution in [-0.4, -0.2) is 41.0 Å². The number of hydrogen-bond acceptors (Lipinski definition) is 3. The van der Waals surface area contributed by atoms with Crippen molar-refractivity contribution in [2.75, 3.05) is 13.1 Å². The van der Waals surface area contributed by atoms with Crippen LogP contribution in [0.3, 0.4) is 0 Å². The van der Waals surface area contributed by atoms with Gasteiger partial charge < -0.3 is 10.4 Å². The lowest BCUT2D eigenvalue weighted by atomic mass is 10.1. The number of carboxylic acid groups (broad SMARTS) is 1. The van der Waals surface area contributed by atoms with E-state index in [1.54, 1.807) is 11.8 Å². The van der Waals surface area contributed by atoms with Gasteiger partial charge in [0.25, 0.3) is 0 Å². The van der Waals surface area contributed by atoms with E-state index < -0.39 is 12.0 Å². The van der Waals surface area contributed by atoms with Crippen molar-refractivity contribution in [3.63, 3.8) is 0 Å². The number of benzene rings is 1. The number of carbonyl (C=O) groups excluding carboxylic acids is 1. The predicted octanol–water partition coefficient (Wildman–Crippen LogP) is 2.05. The molecular formula is C16H24N2O3. The first-order chi connectivity index (χ1) is 9.95. The van der Waals surface area contributed by atoms with Gasteiger partial charge in [0.1, 0.15) is 0 Å². The van der Waals surface area contributed by atoms with Crippen molar-refractivity contribution in [1.29, 1.82) is 0 Å². The Bertz CT molecular complexity index is 462. The topological polar surface area (TPSA) is 69.6 Å². The second-order valence-electron chi connectivity index (χ2n) is 5.18. The molecule has 0 bridgehead atoms. The highest BCUT2D eigenvalue weighted by Gasteiger charge is 2.23. The van der Waals surface area contributed by atoms with Gasteiger partial charge in [-0.2, -0.15) is 0 Å². The zero-order valence-corrected chi connectivity index (χ0v) is 12.9. The Kier molecular flexibility index (Phi) is 6.88. The van der Waals surface area contributed by atoms with E-state index in [4.69, 9.17) is 5.11 Å². The maximum absolute atomic E-state index is 12.3. The molecule has 1 aromatic carbocycles. The van der Waals surface area contributed by atoms with Crippen LogP contribution < -0.4 is 5.32 Å². The zero-order chi connectivity index (χ0) is 15.8. The second kappa shape index (κ2) is 8.42. The van der Waals surface area contributed by atoms with Crippen LogP contribution >= 0.6 is 0 Å². The van der Waals surface area contributed by atoms with Crippen molar-refractivity contribution < 1.29 is 14.7 Å². The van der Waals surface area contributed by atoms with Gasteiger partial charge in [0, 0.05) is 0 Å². The number of carbonyl (C=O) groups is 2. The van der Waals surface area contributed by atoms with Gasteiger partial charge in [-0.05, 0) is 32.4 Å². The van der Waals surface area contributed by atoms with Crippen LogP contribution in [0.15, 0.2) is 30.3 Å². The van der Waals surface area contributed by atoms with Crippen molar-refractivity contribution in [3.8, 4) is 0 Å². The first-order valence-electron chi connectivity index (χ1n) is 7.26. The molecule has 0 fully saturated rings. The van der Waals surface area contributed by atoms with Crippen LogP contribution in [0.5, 0.6) is 0 Å². The van der Waals surface area contributed by atoms with E-state index in [-0.39, 0.29) is 18.5 Å². The Morgan fingerprint density at radius 1 is 1.24 bits per heavy atom. The van der Waals surface area contributed by atoms with Crippen molar-refractivity contribution in [1.82, 2.24) is 10.2 Å². The summed E-state index contributed by atoms with van der Waals surface area (Å²) in [5, 5.41) is 11.9. The minimum Gasteiger partial charge on any atom is -0.480 e. The van der Waals surface area contributed by atoms with Gasteiger partial charge >= 0.3 is 5.97 Å². The first kappa shape index (κ1) is 17.2. The molecule has 0 aliphatic rings. The number of nitrogens with one attached hydrogen (secondary N) is 1. The normalized spacial score (nSPS) is 13.7. The standard InChI is InChI=1S/C16H24N2O3/c1-4-10-18(11-15(19)20)13(3)16(21)17-12(2)14-8-6-5-7-9-14/h5-9,12-13H,4,10-11H2,1-3H3,(H,17,21)(H,19,20). The maximum Gasteiger partial charge on any atom is 0.317 e. The molecule has 0 aliphatic carbocycles. The van der Waals surface area contributed by atoms with Gasteiger partial charge in [0.15, 0.2) is 0 Å². The zero-order valence-electron chi connectivity index (χ0n) is 12.9. The highest BCUT2D eigenvalue weighted by atomic mass is 16.4. The van der Waals surface area contributed by atoms with E-state index >= 15 is 0 Å². The Morgan fingerprint density at radius 3 is 2.38 bits per heavy atom. The quantitative estimate of drug-likeness (QED) is 0.769. The lowest BCUT2D eigenvalue weighted by Crippen LogP contribution is -2.47. The minimum atomic E-state index is -0.917. The number of amides is 1. The molecule has 116 valence electrons.